The highest BCUT2D eigenvalue weighted by Crippen LogP contribution is 2.70. The lowest BCUT2D eigenvalue weighted by molar-refractivity contribution is -0.235. The Morgan fingerprint density at radius 1 is 0.767 bits per heavy atom. The Labute approximate surface area is 350 Å². The summed E-state index contributed by atoms with van der Waals surface area (Å²) in [5, 5.41) is 56.5. The molecule has 328 valence electrons. The number of carbonyl (C=O) groups excluding carboxylic acids is 1. The van der Waals surface area contributed by atoms with E-state index >= 15 is 0 Å². The van der Waals surface area contributed by atoms with Crippen molar-refractivity contribution in [1.29, 1.82) is 0 Å². The number of phenols is 2. The van der Waals surface area contributed by atoms with Gasteiger partial charge in [-0.1, -0.05) is 26.0 Å². The molecule has 4 bridgehead atoms. The summed E-state index contributed by atoms with van der Waals surface area (Å²) < 4.78 is 74.1. The van der Waals surface area contributed by atoms with Crippen molar-refractivity contribution in [2.24, 2.45) is 23.7 Å². The first-order valence-electron chi connectivity index (χ1n) is 21.2. The number of nitrogens with zero attached hydrogens (tertiary/aromatic N) is 2. The fourth-order valence-corrected chi connectivity index (χ4v) is 14.8. The number of rotatable bonds is 5. The minimum absolute atomic E-state index is 0.0183. The van der Waals surface area contributed by atoms with Crippen LogP contribution in [-0.4, -0.2) is 134 Å². The molecule has 4 aliphatic heterocycles. The summed E-state index contributed by atoms with van der Waals surface area (Å²) in [6, 6.07) is 6.72. The summed E-state index contributed by atoms with van der Waals surface area (Å²) in [6.45, 7) is 7.49. The van der Waals surface area contributed by atoms with Crippen molar-refractivity contribution in [1.82, 2.24) is 9.80 Å². The Morgan fingerprint density at radius 3 is 1.73 bits per heavy atom. The summed E-state index contributed by atoms with van der Waals surface area (Å²) in [7, 11) is -5.16. The number of hydrogen-bond acceptors (Lipinski definition) is 16. The van der Waals surface area contributed by atoms with E-state index in [1.807, 2.05) is 13.0 Å². The zero-order chi connectivity index (χ0) is 42.7. The van der Waals surface area contributed by atoms with Gasteiger partial charge in [-0.15, -0.1) is 11.4 Å². The number of Topliss-reactive ketones (excluding diaryl/α,β-unsaturated/α-hetero) is 1. The van der Waals surface area contributed by atoms with Crippen LogP contribution in [0.15, 0.2) is 24.3 Å². The number of ether oxygens (including phenoxy) is 2. The Balaban J connectivity index is 0.000000134. The van der Waals surface area contributed by atoms with Crippen LogP contribution in [0.5, 0.6) is 23.0 Å². The molecule has 6 fully saturated rings. The molecule has 6 aliphatic carbocycles. The van der Waals surface area contributed by atoms with Gasteiger partial charge in [0.25, 0.3) is 0 Å². The number of piperidine rings is 2. The molecule has 3 unspecified atom stereocenters. The molecule has 5 N–H and O–H groups in total. The number of carbonyl (C=O) groups is 1. The second-order valence-corrected chi connectivity index (χ2v) is 21.5. The van der Waals surface area contributed by atoms with Gasteiger partial charge in [-0.25, -0.2) is 8.42 Å². The highest BCUT2D eigenvalue weighted by atomic mass is 32.2. The SMILES string of the molecule is CC1CN(CC2CC2)[C@@H]2Cc3ccc(O)c4c3[C@]13[C@@H](O4)C(=O)CC[C@@]23O.CC1CN(CC2CC2)[C@@H]2Cc3ccc(O)c4c3[C@]13[C@@H](O4)C(O)(S(=O)(=O)[O-])CC[C@@]23O.O=S([O-])[O-]. The minimum Gasteiger partial charge on any atom is -0.784 e. The number of hydrogen-bond donors (Lipinski definition) is 5. The molecule has 10 aliphatic rings. The first-order valence-corrected chi connectivity index (χ1v) is 23.6. The lowest BCUT2D eigenvalue weighted by Gasteiger charge is -2.67. The number of benzene rings is 2. The van der Waals surface area contributed by atoms with Crippen LogP contribution < -0.4 is 9.47 Å². The fourth-order valence-electron chi connectivity index (χ4n) is 13.9. The van der Waals surface area contributed by atoms with Gasteiger partial charge in [0, 0.05) is 55.8 Å². The van der Waals surface area contributed by atoms with Gasteiger partial charge in [0.2, 0.25) is 0 Å². The minimum atomic E-state index is -5.16. The van der Waals surface area contributed by atoms with Gasteiger partial charge in [0.1, 0.15) is 10.1 Å². The lowest BCUT2D eigenvalue weighted by atomic mass is 9.45. The molecule has 0 aromatic heterocycles. The predicted molar refractivity (Wildman–Crippen MR) is 208 cm³/mol. The summed E-state index contributed by atoms with van der Waals surface area (Å²) in [6.07, 6.45) is 4.57. The summed E-state index contributed by atoms with van der Waals surface area (Å²) in [5.41, 5.74) is -0.813. The van der Waals surface area contributed by atoms with E-state index in [4.69, 9.17) is 22.8 Å². The van der Waals surface area contributed by atoms with E-state index in [1.165, 1.54) is 31.7 Å². The van der Waals surface area contributed by atoms with Crippen molar-refractivity contribution in [3.8, 4) is 23.0 Å². The van der Waals surface area contributed by atoms with Crippen LogP contribution in [0, 0.1) is 23.7 Å². The lowest BCUT2D eigenvalue weighted by Crippen LogP contribution is -2.82. The van der Waals surface area contributed by atoms with Crippen LogP contribution in [0.4, 0.5) is 0 Å². The molecule has 2 aromatic carbocycles. The van der Waals surface area contributed by atoms with E-state index < -0.39 is 67.1 Å². The average molecular weight is 872 g/mol. The van der Waals surface area contributed by atoms with Crippen LogP contribution in [-0.2, 0) is 49.9 Å². The highest BCUT2D eigenvalue weighted by molar-refractivity contribution is 7.87. The fraction of sp³-hybridized carbons (Fsp3) is 0.690. The monoisotopic (exact) mass is 871 g/mol. The van der Waals surface area contributed by atoms with E-state index in [0.29, 0.717) is 43.0 Å². The van der Waals surface area contributed by atoms with Crippen LogP contribution in [0.25, 0.3) is 0 Å². The third-order valence-corrected chi connectivity index (χ3v) is 17.8. The number of aliphatic hydroxyl groups is 3. The normalized spacial score (nSPS) is 41.5. The van der Waals surface area contributed by atoms with Gasteiger partial charge in [-0.3, -0.25) is 18.8 Å². The molecule has 0 amide bonds. The van der Waals surface area contributed by atoms with E-state index in [2.05, 4.69) is 16.7 Å². The smallest absolute Gasteiger partial charge is 0.192 e. The number of ketones is 1. The van der Waals surface area contributed by atoms with Crippen molar-refractivity contribution in [2.45, 2.75) is 129 Å². The molecule has 60 heavy (non-hydrogen) atoms. The van der Waals surface area contributed by atoms with Crippen molar-refractivity contribution in [2.75, 3.05) is 26.2 Å². The second-order valence-electron chi connectivity index (χ2n) is 19.5. The van der Waals surface area contributed by atoms with Crippen molar-refractivity contribution < 1.29 is 66.1 Å². The standard InChI is InChI=1S/C21H27NO7S.C21H25NO4.H2O3S/c1-11-9-22(10-12-2-3-12)15-8-13-4-5-14(23)17-16(13)21(11)18(29-17)20(25,30(26,27)28)7-6-19(15,21)24;1-11-9-22(10-12-2-3-12)16-8-13-4-5-14(23)18-17(13)21(11)19(26-18)15(24)6-7-20(16,21)25;1-4(2)3/h4-5,11-12,15,18,23-25H,2-3,6-10H2,1H3,(H,26,27,28);4-5,11-12,16,19,23,25H,2-3,6-10H2,1H3;(H2,1,2,3)/p-3/t11?,15-,18+,19-,20?,21+;11?,16-,19+,20-,21+;/m11./s1. The summed E-state index contributed by atoms with van der Waals surface area (Å²) >= 11 is -3.11. The molecule has 16 nitrogen and oxygen atoms in total. The van der Waals surface area contributed by atoms with Crippen LogP contribution >= 0.6 is 0 Å². The molecule has 2 saturated heterocycles. The molecular formula is C42H51N2O14S2-3. The Hall–Kier alpha value is -2.91. The predicted octanol–water partition coefficient (Wildman–Crippen LogP) is 1.20. The largest absolute Gasteiger partial charge is 0.784 e. The number of phenolic OH excluding ortho intramolecular Hbond substituents is 2. The van der Waals surface area contributed by atoms with Gasteiger partial charge in [-0.2, -0.15) is 0 Å². The molecule has 2 aromatic rings. The van der Waals surface area contributed by atoms with Crippen LogP contribution in [0.3, 0.4) is 0 Å². The maximum atomic E-state index is 12.9. The topological polar surface area (TPSA) is 264 Å². The number of likely N-dealkylation sites (tertiary alicyclic amines) is 2. The highest BCUT2D eigenvalue weighted by Gasteiger charge is 2.79. The summed E-state index contributed by atoms with van der Waals surface area (Å²) in [4.78, 5) is 15.0. The quantitative estimate of drug-likeness (QED) is 0.209. The van der Waals surface area contributed by atoms with Gasteiger partial charge < -0.3 is 48.7 Å². The number of aromatic hydroxyl groups is 2. The first-order chi connectivity index (χ1) is 28.2. The van der Waals surface area contributed by atoms with E-state index in [9.17, 15) is 43.3 Å². The molecule has 11 atom stereocenters. The van der Waals surface area contributed by atoms with Gasteiger partial charge >= 0.3 is 0 Å². The Bertz CT molecular complexity index is 2300. The van der Waals surface area contributed by atoms with Crippen molar-refractivity contribution in [3.63, 3.8) is 0 Å². The molecule has 0 radical (unpaired) electrons. The van der Waals surface area contributed by atoms with Gasteiger partial charge in [0.05, 0.1) is 22.0 Å². The van der Waals surface area contributed by atoms with E-state index in [1.54, 1.807) is 12.1 Å². The van der Waals surface area contributed by atoms with Crippen LogP contribution in [0.1, 0.15) is 87.5 Å². The molecule has 2 spiro atoms. The Kier molecular flexibility index (Phi) is 9.12. The van der Waals surface area contributed by atoms with Crippen molar-refractivity contribution in [3.05, 3.63) is 46.5 Å². The molecular weight excluding hydrogens is 821 g/mol. The molecule has 12 rings (SSSR count). The molecule has 18 heteroatoms. The van der Waals surface area contributed by atoms with E-state index in [0.717, 1.165) is 48.7 Å². The van der Waals surface area contributed by atoms with E-state index in [-0.39, 0.29) is 53.4 Å². The Morgan fingerprint density at radius 2 is 1.23 bits per heavy atom. The van der Waals surface area contributed by atoms with Crippen molar-refractivity contribution >= 4 is 27.3 Å². The maximum Gasteiger partial charge on any atom is 0.192 e. The zero-order valence-electron chi connectivity index (χ0n) is 33.4. The molecule has 4 saturated carbocycles. The molecule has 4 heterocycles. The second kappa shape index (κ2) is 13.3. The third-order valence-electron chi connectivity index (χ3n) is 16.5. The first kappa shape index (κ1) is 41.1. The van der Waals surface area contributed by atoms with Crippen LogP contribution in [0.2, 0.25) is 0 Å². The van der Waals surface area contributed by atoms with Gasteiger partial charge in [0.15, 0.2) is 45.9 Å². The van der Waals surface area contributed by atoms with Gasteiger partial charge in [-0.05, 0) is 105 Å². The third kappa shape index (κ3) is 5.26. The summed E-state index contributed by atoms with van der Waals surface area (Å²) in [5.74, 6) is 1.71. The average Bonchev–Trinajstić information content (AvgIpc) is 4.09. The maximum absolute atomic E-state index is 12.9. The zero-order valence-corrected chi connectivity index (χ0v) is 35.1.